The lowest BCUT2D eigenvalue weighted by Crippen LogP contribution is -2.20. The topological polar surface area (TPSA) is 87.2 Å². The van der Waals surface area contributed by atoms with Crippen molar-refractivity contribution in [1.29, 1.82) is 0 Å². The van der Waals surface area contributed by atoms with Gasteiger partial charge in [0.15, 0.2) is 0 Å². The van der Waals surface area contributed by atoms with Gasteiger partial charge in [-0.1, -0.05) is 22.4 Å². The van der Waals surface area contributed by atoms with Crippen LogP contribution < -0.4 is 4.74 Å². The van der Waals surface area contributed by atoms with Crippen LogP contribution in [0.2, 0.25) is 0 Å². The smallest absolute Gasteiger partial charge is 0.261 e. The molecule has 1 aromatic carbocycles. The number of aliphatic hydroxyl groups is 1. The molecular weight excluding hydrogens is 418 g/mol. The van der Waals surface area contributed by atoms with Gasteiger partial charge in [0, 0.05) is 44.0 Å². The van der Waals surface area contributed by atoms with Crippen molar-refractivity contribution >= 4 is 21.9 Å². The molecule has 8 nitrogen and oxygen atoms in total. The maximum atomic E-state index is 10.6. The van der Waals surface area contributed by atoms with Gasteiger partial charge in [0.2, 0.25) is 0 Å². The first kappa shape index (κ1) is 21.9. The van der Waals surface area contributed by atoms with Gasteiger partial charge in [-0.3, -0.25) is 4.98 Å². The van der Waals surface area contributed by atoms with Gasteiger partial charge in [-0.25, -0.2) is 4.68 Å². The molecule has 0 bridgehead atoms. The van der Waals surface area contributed by atoms with E-state index in [4.69, 9.17) is 14.5 Å². The minimum Gasteiger partial charge on any atom is -0.475 e. The normalized spacial score (nSPS) is 15.5. The monoisotopic (exact) mass is 449 g/mol. The van der Waals surface area contributed by atoms with Gasteiger partial charge < -0.3 is 19.1 Å². The van der Waals surface area contributed by atoms with Crippen LogP contribution in [0.5, 0.6) is 5.88 Å². The van der Waals surface area contributed by atoms with E-state index in [1.54, 1.807) is 4.68 Å². The van der Waals surface area contributed by atoms with Gasteiger partial charge in [0.1, 0.15) is 5.69 Å². The molecule has 174 valence electrons. The van der Waals surface area contributed by atoms with E-state index in [-0.39, 0.29) is 0 Å². The van der Waals surface area contributed by atoms with Crippen molar-refractivity contribution < 1.29 is 14.6 Å². The van der Waals surface area contributed by atoms with Crippen LogP contribution in [-0.2, 0) is 23.9 Å². The molecule has 4 aromatic rings. The zero-order valence-electron chi connectivity index (χ0n) is 19.7. The molecule has 3 aromatic heterocycles. The third-order valence-corrected chi connectivity index (χ3v) is 6.54. The lowest BCUT2D eigenvalue weighted by Gasteiger charge is -2.24. The van der Waals surface area contributed by atoms with Crippen LogP contribution in [0.4, 0.5) is 0 Å². The summed E-state index contributed by atoms with van der Waals surface area (Å²) in [5.41, 5.74) is 4.80. The fraction of sp³-hybridized carbons (Fsp3) is 0.480. The average Bonchev–Trinajstić information content (AvgIpc) is 3.31. The van der Waals surface area contributed by atoms with Crippen LogP contribution >= 0.6 is 0 Å². The molecule has 0 saturated carbocycles. The van der Waals surface area contributed by atoms with Crippen LogP contribution in [0.1, 0.15) is 39.2 Å². The van der Waals surface area contributed by atoms with E-state index in [1.165, 1.54) is 0 Å². The van der Waals surface area contributed by atoms with Crippen molar-refractivity contribution in [1.82, 2.24) is 24.5 Å². The Balaban J connectivity index is 1.72. The van der Waals surface area contributed by atoms with Gasteiger partial charge in [0.05, 0.1) is 28.8 Å². The van der Waals surface area contributed by atoms with E-state index < -0.39 is 5.60 Å². The number of aromatic nitrogens is 5. The maximum Gasteiger partial charge on any atom is 0.261 e. The molecule has 5 rings (SSSR count). The lowest BCUT2D eigenvalue weighted by atomic mass is 9.97. The molecule has 1 saturated heterocycles. The molecule has 0 radical (unpaired) electrons. The highest BCUT2D eigenvalue weighted by Crippen LogP contribution is 2.36. The predicted molar refractivity (Wildman–Crippen MR) is 127 cm³/mol. The van der Waals surface area contributed by atoms with Gasteiger partial charge in [-0.05, 0) is 57.2 Å². The van der Waals surface area contributed by atoms with E-state index in [9.17, 15) is 5.11 Å². The predicted octanol–water partition coefficient (Wildman–Crippen LogP) is 4.04. The summed E-state index contributed by atoms with van der Waals surface area (Å²) in [6.07, 6.45) is 3.95. The molecule has 0 unspecified atom stereocenters. The summed E-state index contributed by atoms with van der Waals surface area (Å²) in [7, 11) is 1.86. The summed E-state index contributed by atoms with van der Waals surface area (Å²) in [5.74, 6) is 1.04. The third-order valence-electron chi connectivity index (χ3n) is 6.54. The molecule has 0 spiro atoms. The van der Waals surface area contributed by atoms with Crippen LogP contribution in [0, 0.1) is 5.92 Å². The van der Waals surface area contributed by atoms with Crippen molar-refractivity contribution in [3.05, 3.63) is 36.0 Å². The Kier molecular flexibility index (Phi) is 5.58. The number of fused-ring (bicyclic) bond motifs is 3. The number of rotatable bonds is 6. The first-order valence-corrected chi connectivity index (χ1v) is 11.6. The summed E-state index contributed by atoms with van der Waals surface area (Å²) in [6, 6.07) is 8.34. The Labute approximate surface area is 193 Å². The van der Waals surface area contributed by atoms with Crippen molar-refractivity contribution in [3.63, 3.8) is 0 Å². The lowest BCUT2D eigenvalue weighted by molar-refractivity contribution is 0.0619. The summed E-state index contributed by atoms with van der Waals surface area (Å²) in [5, 5.41) is 20.1. The molecule has 1 fully saturated rings. The number of hydrogen-bond acceptors (Lipinski definition) is 6. The molecule has 33 heavy (non-hydrogen) atoms. The minimum atomic E-state index is -0.917. The Morgan fingerprint density at radius 2 is 1.97 bits per heavy atom. The molecule has 4 heterocycles. The number of benzene rings is 1. The molecule has 8 heteroatoms. The molecular formula is C25H31N5O3. The van der Waals surface area contributed by atoms with Gasteiger partial charge in [0.25, 0.3) is 5.88 Å². The van der Waals surface area contributed by atoms with E-state index >= 15 is 0 Å². The summed E-state index contributed by atoms with van der Waals surface area (Å²) >= 11 is 0. The average molecular weight is 450 g/mol. The van der Waals surface area contributed by atoms with Crippen LogP contribution in [0.15, 0.2) is 30.5 Å². The highest BCUT2D eigenvalue weighted by atomic mass is 16.5. The van der Waals surface area contributed by atoms with Crippen molar-refractivity contribution in [2.45, 2.75) is 45.8 Å². The fourth-order valence-electron chi connectivity index (χ4n) is 4.73. The number of nitrogens with zero attached hydrogens (tertiary/aromatic N) is 5. The van der Waals surface area contributed by atoms with Gasteiger partial charge in [-0.2, -0.15) is 0 Å². The highest BCUT2D eigenvalue weighted by Gasteiger charge is 2.23. The van der Waals surface area contributed by atoms with Gasteiger partial charge in [-0.15, -0.1) is 0 Å². The third kappa shape index (κ3) is 3.98. The minimum absolute atomic E-state index is 0.512. The molecule has 1 aliphatic heterocycles. The summed E-state index contributed by atoms with van der Waals surface area (Å²) in [4.78, 5) is 4.88. The molecule has 0 atom stereocenters. The second-order valence-corrected chi connectivity index (χ2v) is 9.35. The van der Waals surface area contributed by atoms with E-state index in [0.29, 0.717) is 18.4 Å². The summed E-state index contributed by atoms with van der Waals surface area (Å²) in [6.45, 7) is 8.58. The standard InChI is InChI=1S/C25H31N5O3/c1-5-33-24-23(29(4)28-27-24)17-12-21-22(26-14-17)19-7-6-18(25(2,3)31)13-20(19)30(21)15-16-8-10-32-11-9-16/h6-7,12-14,16,31H,5,8-11,15H2,1-4H3. The first-order chi connectivity index (χ1) is 15.9. The zero-order valence-corrected chi connectivity index (χ0v) is 19.7. The van der Waals surface area contributed by atoms with Crippen LogP contribution in [-0.4, -0.2) is 49.5 Å². The zero-order chi connectivity index (χ0) is 23.2. The van der Waals surface area contributed by atoms with Gasteiger partial charge >= 0.3 is 0 Å². The second-order valence-electron chi connectivity index (χ2n) is 9.35. The molecule has 0 aliphatic carbocycles. The second kappa shape index (κ2) is 8.43. The number of hydrogen-bond donors (Lipinski definition) is 1. The molecule has 1 N–H and O–H groups in total. The van der Waals surface area contributed by atoms with Crippen molar-refractivity contribution in [2.24, 2.45) is 13.0 Å². The highest BCUT2D eigenvalue weighted by molar-refractivity contribution is 6.06. The van der Waals surface area contributed by atoms with Crippen molar-refractivity contribution in [3.8, 4) is 17.1 Å². The van der Waals surface area contributed by atoms with Crippen LogP contribution in [0.25, 0.3) is 33.2 Å². The largest absolute Gasteiger partial charge is 0.475 e. The Morgan fingerprint density at radius 1 is 1.18 bits per heavy atom. The quantitative estimate of drug-likeness (QED) is 0.478. The fourth-order valence-corrected chi connectivity index (χ4v) is 4.73. The van der Waals surface area contributed by atoms with E-state index in [2.05, 4.69) is 33.1 Å². The first-order valence-electron chi connectivity index (χ1n) is 11.6. The maximum absolute atomic E-state index is 10.6. The van der Waals surface area contributed by atoms with E-state index in [1.807, 2.05) is 40.1 Å². The van der Waals surface area contributed by atoms with E-state index in [0.717, 1.165) is 71.4 Å². The Hall–Kier alpha value is -2.97. The summed E-state index contributed by atoms with van der Waals surface area (Å²) < 4.78 is 15.4. The SMILES string of the molecule is CCOc1nnn(C)c1-c1cnc2c3ccc(C(C)(C)O)cc3n(CC3CCOCC3)c2c1. The number of ether oxygens (including phenoxy) is 2. The molecule has 0 amide bonds. The molecule has 1 aliphatic rings. The Morgan fingerprint density at radius 3 is 2.70 bits per heavy atom. The number of aryl methyl sites for hydroxylation is 1. The number of pyridine rings is 1. The van der Waals surface area contributed by atoms with Crippen LogP contribution in [0.3, 0.4) is 0 Å². The Bertz CT molecular complexity index is 1300. The van der Waals surface area contributed by atoms with Crippen molar-refractivity contribution in [2.75, 3.05) is 19.8 Å².